The number of urea groups is 1. The standard InChI is InChI=1S/C19H15F3N4O2/c20-19(21,22)14-6-4-5-12(9-14)16-24-17(28-25-16)13-10-26(11-13)18(27)23-15-7-2-1-3-8-15/h1-9,13H,10-11H2,(H,23,27). The second-order valence-electron chi connectivity index (χ2n) is 6.43. The average molecular weight is 388 g/mol. The second-order valence-corrected chi connectivity index (χ2v) is 6.43. The van der Waals surface area contributed by atoms with Crippen LogP contribution in [0.2, 0.25) is 0 Å². The molecule has 1 aliphatic heterocycles. The fourth-order valence-corrected chi connectivity index (χ4v) is 2.88. The second kappa shape index (κ2) is 6.99. The summed E-state index contributed by atoms with van der Waals surface area (Å²) in [6, 6.07) is 13.6. The number of hydrogen-bond donors (Lipinski definition) is 1. The van der Waals surface area contributed by atoms with Crippen molar-refractivity contribution >= 4 is 11.7 Å². The van der Waals surface area contributed by atoms with Gasteiger partial charge in [-0.05, 0) is 24.3 Å². The summed E-state index contributed by atoms with van der Waals surface area (Å²) in [5.41, 5.74) is 0.146. The minimum atomic E-state index is -4.44. The van der Waals surface area contributed by atoms with Gasteiger partial charge in [-0.2, -0.15) is 18.2 Å². The van der Waals surface area contributed by atoms with E-state index >= 15 is 0 Å². The third-order valence-corrected chi connectivity index (χ3v) is 4.43. The Kier molecular flexibility index (Phi) is 4.50. The number of carbonyl (C=O) groups is 1. The molecule has 1 aromatic heterocycles. The molecule has 0 unspecified atom stereocenters. The third kappa shape index (κ3) is 3.68. The van der Waals surface area contributed by atoms with Crippen LogP contribution >= 0.6 is 0 Å². The van der Waals surface area contributed by atoms with Crippen molar-refractivity contribution in [3.05, 3.63) is 66.1 Å². The van der Waals surface area contributed by atoms with Crippen molar-refractivity contribution in [1.82, 2.24) is 15.0 Å². The molecule has 1 fully saturated rings. The highest BCUT2D eigenvalue weighted by Crippen LogP contribution is 2.32. The number of alkyl halides is 3. The molecule has 1 aliphatic rings. The Labute approximate surface area is 158 Å². The molecule has 144 valence electrons. The Morgan fingerprint density at radius 1 is 1.11 bits per heavy atom. The van der Waals surface area contributed by atoms with E-state index in [0.29, 0.717) is 24.7 Å². The lowest BCUT2D eigenvalue weighted by Crippen LogP contribution is -2.50. The Hall–Kier alpha value is -3.36. The fourth-order valence-electron chi connectivity index (χ4n) is 2.88. The van der Waals surface area contributed by atoms with Gasteiger partial charge in [0, 0.05) is 24.3 Å². The van der Waals surface area contributed by atoms with E-state index < -0.39 is 11.7 Å². The number of para-hydroxylation sites is 1. The summed E-state index contributed by atoms with van der Waals surface area (Å²) < 4.78 is 43.7. The normalized spacial score (nSPS) is 14.6. The number of rotatable bonds is 3. The van der Waals surface area contributed by atoms with Gasteiger partial charge in [0.2, 0.25) is 11.7 Å². The summed E-state index contributed by atoms with van der Waals surface area (Å²) in [5.74, 6) is 0.248. The molecule has 4 rings (SSSR count). The molecule has 0 spiro atoms. The van der Waals surface area contributed by atoms with E-state index in [1.807, 2.05) is 18.2 Å². The summed E-state index contributed by atoms with van der Waals surface area (Å²) in [6.07, 6.45) is -4.44. The van der Waals surface area contributed by atoms with E-state index in [0.717, 1.165) is 12.1 Å². The lowest BCUT2D eigenvalue weighted by molar-refractivity contribution is -0.137. The lowest BCUT2D eigenvalue weighted by Gasteiger charge is -2.36. The maximum atomic E-state index is 12.8. The van der Waals surface area contributed by atoms with Gasteiger partial charge in [-0.3, -0.25) is 0 Å². The average Bonchev–Trinajstić information content (AvgIpc) is 3.10. The molecule has 2 heterocycles. The fraction of sp³-hybridized carbons (Fsp3) is 0.211. The smallest absolute Gasteiger partial charge is 0.339 e. The first-order valence-corrected chi connectivity index (χ1v) is 8.52. The number of nitrogens with one attached hydrogen (secondary N) is 1. The number of aromatic nitrogens is 2. The van der Waals surface area contributed by atoms with Crippen molar-refractivity contribution in [2.24, 2.45) is 0 Å². The highest BCUT2D eigenvalue weighted by Gasteiger charge is 2.36. The quantitative estimate of drug-likeness (QED) is 0.723. The van der Waals surface area contributed by atoms with Gasteiger partial charge in [-0.25, -0.2) is 4.79 Å². The van der Waals surface area contributed by atoms with Crippen LogP contribution in [0.3, 0.4) is 0 Å². The Morgan fingerprint density at radius 3 is 2.57 bits per heavy atom. The van der Waals surface area contributed by atoms with Crippen LogP contribution in [0.25, 0.3) is 11.4 Å². The zero-order valence-corrected chi connectivity index (χ0v) is 14.5. The van der Waals surface area contributed by atoms with Gasteiger partial charge in [0.1, 0.15) is 0 Å². The number of benzene rings is 2. The number of amides is 2. The molecule has 0 aliphatic carbocycles. The number of hydrogen-bond acceptors (Lipinski definition) is 4. The summed E-state index contributed by atoms with van der Waals surface area (Å²) in [4.78, 5) is 18.0. The molecule has 2 amide bonds. The Bertz CT molecular complexity index is 982. The highest BCUT2D eigenvalue weighted by atomic mass is 19.4. The minimum absolute atomic E-state index is 0.0910. The molecule has 9 heteroatoms. The molecule has 1 N–H and O–H groups in total. The number of carbonyl (C=O) groups excluding carboxylic acids is 1. The Balaban J connectivity index is 1.39. The van der Waals surface area contributed by atoms with Gasteiger partial charge in [0.05, 0.1) is 11.5 Å². The van der Waals surface area contributed by atoms with Crippen molar-refractivity contribution < 1.29 is 22.5 Å². The van der Waals surface area contributed by atoms with Crippen LogP contribution < -0.4 is 5.32 Å². The van der Waals surface area contributed by atoms with Crippen LogP contribution in [0.4, 0.5) is 23.7 Å². The molecule has 0 saturated carbocycles. The van der Waals surface area contributed by atoms with Crippen LogP contribution in [-0.4, -0.2) is 34.2 Å². The monoisotopic (exact) mass is 388 g/mol. The van der Waals surface area contributed by atoms with Crippen LogP contribution in [0.5, 0.6) is 0 Å². The Morgan fingerprint density at radius 2 is 1.86 bits per heavy atom. The summed E-state index contributed by atoms with van der Waals surface area (Å²) in [6.45, 7) is 0.784. The van der Waals surface area contributed by atoms with Gasteiger partial charge in [-0.15, -0.1) is 0 Å². The van der Waals surface area contributed by atoms with Crippen LogP contribution in [0.15, 0.2) is 59.1 Å². The molecule has 2 aromatic carbocycles. The van der Waals surface area contributed by atoms with Gasteiger partial charge < -0.3 is 14.7 Å². The van der Waals surface area contributed by atoms with E-state index in [-0.39, 0.29) is 23.3 Å². The number of anilines is 1. The topological polar surface area (TPSA) is 71.3 Å². The number of nitrogens with zero attached hydrogens (tertiary/aromatic N) is 3. The zero-order chi connectivity index (χ0) is 19.7. The SMILES string of the molecule is O=C(Nc1ccccc1)N1CC(c2nc(-c3cccc(C(F)(F)F)c3)no2)C1. The first kappa shape index (κ1) is 18.0. The van der Waals surface area contributed by atoms with Gasteiger partial charge in [0.15, 0.2) is 0 Å². The highest BCUT2D eigenvalue weighted by molar-refractivity contribution is 5.89. The van der Waals surface area contributed by atoms with Crippen molar-refractivity contribution in [2.75, 3.05) is 18.4 Å². The van der Waals surface area contributed by atoms with E-state index in [9.17, 15) is 18.0 Å². The molecule has 3 aromatic rings. The van der Waals surface area contributed by atoms with Gasteiger partial charge in [-0.1, -0.05) is 35.5 Å². The molecule has 0 atom stereocenters. The summed E-state index contributed by atoms with van der Waals surface area (Å²) in [7, 11) is 0. The van der Waals surface area contributed by atoms with Crippen LogP contribution in [0, 0.1) is 0 Å². The summed E-state index contributed by atoms with van der Waals surface area (Å²) >= 11 is 0. The molecular formula is C19H15F3N4O2. The lowest BCUT2D eigenvalue weighted by atomic mass is 10.0. The van der Waals surface area contributed by atoms with E-state index in [2.05, 4.69) is 15.5 Å². The first-order chi connectivity index (χ1) is 13.4. The van der Waals surface area contributed by atoms with E-state index in [4.69, 9.17) is 4.52 Å². The van der Waals surface area contributed by atoms with Crippen molar-refractivity contribution in [3.8, 4) is 11.4 Å². The molecule has 0 radical (unpaired) electrons. The molecule has 0 bridgehead atoms. The van der Waals surface area contributed by atoms with Crippen molar-refractivity contribution in [3.63, 3.8) is 0 Å². The molecular weight excluding hydrogens is 373 g/mol. The van der Waals surface area contributed by atoms with E-state index in [1.54, 1.807) is 17.0 Å². The van der Waals surface area contributed by atoms with Crippen LogP contribution in [0.1, 0.15) is 17.4 Å². The summed E-state index contributed by atoms with van der Waals surface area (Å²) in [5, 5.41) is 6.56. The minimum Gasteiger partial charge on any atom is -0.339 e. The van der Waals surface area contributed by atoms with Gasteiger partial charge >= 0.3 is 12.2 Å². The number of likely N-dealkylation sites (tertiary alicyclic amines) is 1. The predicted octanol–water partition coefficient (Wildman–Crippen LogP) is 4.39. The molecule has 6 nitrogen and oxygen atoms in total. The maximum Gasteiger partial charge on any atom is 0.416 e. The third-order valence-electron chi connectivity index (χ3n) is 4.43. The van der Waals surface area contributed by atoms with Crippen LogP contribution in [-0.2, 0) is 6.18 Å². The van der Waals surface area contributed by atoms with Gasteiger partial charge in [0.25, 0.3) is 0 Å². The molecule has 1 saturated heterocycles. The zero-order valence-electron chi connectivity index (χ0n) is 14.5. The predicted molar refractivity (Wildman–Crippen MR) is 94.5 cm³/mol. The number of halogens is 3. The largest absolute Gasteiger partial charge is 0.416 e. The van der Waals surface area contributed by atoms with Crippen molar-refractivity contribution in [1.29, 1.82) is 0 Å². The molecule has 28 heavy (non-hydrogen) atoms. The van der Waals surface area contributed by atoms with Crippen molar-refractivity contribution in [2.45, 2.75) is 12.1 Å². The first-order valence-electron chi connectivity index (χ1n) is 8.52. The van der Waals surface area contributed by atoms with E-state index in [1.165, 1.54) is 12.1 Å². The maximum absolute atomic E-state index is 12.8.